The molecule has 23 heavy (non-hydrogen) atoms. The zero-order valence-corrected chi connectivity index (χ0v) is 14.1. The largest absolute Gasteiger partial charge is 0.490 e. The number of carbonyl (C=O) groups is 1. The summed E-state index contributed by atoms with van der Waals surface area (Å²) < 4.78 is 11.1. The summed E-state index contributed by atoms with van der Waals surface area (Å²) in [6.45, 7) is 8.89. The van der Waals surface area contributed by atoms with Gasteiger partial charge in [0.15, 0.2) is 11.5 Å². The number of carbonyl (C=O) groups excluding carboxylic acids is 1. The predicted molar refractivity (Wildman–Crippen MR) is 92.6 cm³/mol. The van der Waals surface area contributed by atoms with E-state index in [1.165, 1.54) is 0 Å². The normalized spacial score (nSPS) is 10.3. The van der Waals surface area contributed by atoms with Gasteiger partial charge in [0.2, 0.25) is 0 Å². The van der Waals surface area contributed by atoms with Gasteiger partial charge in [-0.15, -0.1) is 0 Å². The number of anilines is 1. The topological polar surface area (TPSA) is 47.6 Å². The van der Waals surface area contributed by atoms with Gasteiger partial charge in [0, 0.05) is 11.3 Å². The smallest absolute Gasteiger partial charge is 0.255 e. The van der Waals surface area contributed by atoms with Gasteiger partial charge in [0.05, 0.1) is 13.2 Å². The first-order valence-electron chi connectivity index (χ1n) is 7.82. The van der Waals surface area contributed by atoms with Crippen molar-refractivity contribution >= 4 is 11.6 Å². The van der Waals surface area contributed by atoms with Crippen molar-refractivity contribution in [1.82, 2.24) is 0 Å². The Bertz CT molecular complexity index is 675. The molecular weight excluding hydrogens is 290 g/mol. The minimum absolute atomic E-state index is 0.168. The second-order valence-corrected chi connectivity index (χ2v) is 5.36. The van der Waals surface area contributed by atoms with Crippen molar-refractivity contribution in [1.29, 1.82) is 0 Å². The Morgan fingerprint density at radius 1 is 0.913 bits per heavy atom. The number of hydrogen-bond donors (Lipinski definition) is 1. The van der Waals surface area contributed by atoms with Crippen LogP contribution >= 0.6 is 0 Å². The number of benzene rings is 2. The van der Waals surface area contributed by atoms with Crippen LogP contribution in [0.4, 0.5) is 5.69 Å². The lowest BCUT2D eigenvalue weighted by Crippen LogP contribution is -2.12. The van der Waals surface area contributed by atoms with Crippen LogP contribution in [0.3, 0.4) is 0 Å². The van der Waals surface area contributed by atoms with Gasteiger partial charge in [-0.2, -0.15) is 0 Å². The summed E-state index contributed by atoms with van der Waals surface area (Å²) in [5.74, 6) is 1.07. The maximum atomic E-state index is 12.5. The van der Waals surface area contributed by atoms with Crippen LogP contribution in [-0.4, -0.2) is 19.1 Å². The highest BCUT2D eigenvalue weighted by Gasteiger charge is 2.12. The molecule has 0 bridgehead atoms. The molecule has 2 rings (SSSR count). The number of aryl methyl sites for hydroxylation is 2. The molecule has 4 nitrogen and oxygen atoms in total. The van der Waals surface area contributed by atoms with Crippen molar-refractivity contribution in [3.05, 3.63) is 53.1 Å². The van der Waals surface area contributed by atoms with Crippen molar-refractivity contribution in [3.8, 4) is 11.5 Å². The Hall–Kier alpha value is -2.49. The number of amides is 1. The number of nitrogens with one attached hydrogen (secondary N) is 1. The molecule has 0 heterocycles. The maximum Gasteiger partial charge on any atom is 0.255 e. The van der Waals surface area contributed by atoms with Crippen LogP contribution < -0.4 is 14.8 Å². The summed E-state index contributed by atoms with van der Waals surface area (Å²) in [5, 5.41) is 2.93. The molecule has 0 fully saturated rings. The summed E-state index contributed by atoms with van der Waals surface area (Å²) in [6, 6.07) is 11.2. The lowest BCUT2D eigenvalue weighted by molar-refractivity contribution is 0.102. The van der Waals surface area contributed by atoms with Crippen molar-refractivity contribution in [2.24, 2.45) is 0 Å². The van der Waals surface area contributed by atoms with Gasteiger partial charge in [-0.25, -0.2) is 0 Å². The zero-order chi connectivity index (χ0) is 16.8. The molecule has 0 atom stereocenters. The standard InChI is InChI=1S/C19H23NO3/c1-5-22-17-8-7-15(12-18(17)23-6-2)19(21)20-16-10-13(3)9-14(4)11-16/h7-12H,5-6H2,1-4H3,(H,20,21). The van der Waals surface area contributed by atoms with Crippen molar-refractivity contribution in [3.63, 3.8) is 0 Å². The SMILES string of the molecule is CCOc1ccc(C(=O)Nc2cc(C)cc(C)c2)cc1OCC. The van der Waals surface area contributed by atoms with E-state index in [9.17, 15) is 4.79 Å². The first-order chi connectivity index (χ1) is 11.0. The summed E-state index contributed by atoms with van der Waals surface area (Å²) in [4.78, 5) is 12.5. The molecule has 0 unspecified atom stereocenters. The molecule has 2 aromatic carbocycles. The monoisotopic (exact) mass is 313 g/mol. The van der Waals surface area contributed by atoms with Crippen LogP contribution in [0.2, 0.25) is 0 Å². The van der Waals surface area contributed by atoms with Crippen LogP contribution in [0.25, 0.3) is 0 Å². The maximum absolute atomic E-state index is 12.5. The second kappa shape index (κ2) is 7.68. The predicted octanol–water partition coefficient (Wildman–Crippen LogP) is 4.35. The molecule has 0 aliphatic carbocycles. The van der Waals surface area contributed by atoms with E-state index in [1.54, 1.807) is 18.2 Å². The third kappa shape index (κ3) is 4.49. The van der Waals surface area contributed by atoms with E-state index < -0.39 is 0 Å². The molecule has 122 valence electrons. The fraction of sp³-hybridized carbons (Fsp3) is 0.316. The Balaban J connectivity index is 2.23. The number of rotatable bonds is 6. The molecule has 1 amide bonds. The number of hydrogen-bond acceptors (Lipinski definition) is 3. The summed E-state index contributed by atoms with van der Waals surface area (Å²) in [5.41, 5.74) is 3.56. The zero-order valence-electron chi connectivity index (χ0n) is 14.1. The fourth-order valence-electron chi connectivity index (χ4n) is 2.44. The molecule has 0 saturated heterocycles. The Labute approximate surface area is 137 Å². The van der Waals surface area contributed by atoms with Crippen LogP contribution in [-0.2, 0) is 0 Å². The third-order valence-electron chi connectivity index (χ3n) is 3.29. The average molecular weight is 313 g/mol. The first kappa shape index (κ1) is 16.9. The summed E-state index contributed by atoms with van der Waals surface area (Å²) in [7, 11) is 0. The Morgan fingerprint density at radius 3 is 2.13 bits per heavy atom. The first-order valence-corrected chi connectivity index (χ1v) is 7.82. The molecule has 1 N–H and O–H groups in total. The van der Waals surface area contributed by atoms with Crippen LogP contribution in [0, 0.1) is 13.8 Å². The molecule has 0 aliphatic heterocycles. The van der Waals surface area contributed by atoms with E-state index in [0.717, 1.165) is 16.8 Å². The molecule has 0 spiro atoms. The third-order valence-corrected chi connectivity index (χ3v) is 3.29. The minimum atomic E-state index is -0.168. The molecular formula is C19H23NO3. The molecule has 0 radical (unpaired) electrons. The molecule has 0 saturated carbocycles. The van der Waals surface area contributed by atoms with Gasteiger partial charge in [-0.3, -0.25) is 4.79 Å². The molecule has 2 aromatic rings. The van der Waals surface area contributed by atoms with Crippen LogP contribution in [0.5, 0.6) is 11.5 Å². The highest BCUT2D eigenvalue weighted by Crippen LogP contribution is 2.29. The minimum Gasteiger partial charge on any atom is -0.490 e. The highest BCUT2D eigenvalue weighted by molar-refractivity contribution is 6.04. The lowest BCUT2D eigenvalue weighted by atomic mass is 10.1. The van der Waals surface area contributed by atoms with Gasteiger partial charge in [-0.1, -0.05) is 6.07 Å². The van der Waals surface area contributed by atoms with Gasteiger partial charge < -0.3 is 14.8 Å². The van der Waals surface area contributed by atoms with Crippen molar-refractivity contribution < 1.29 is 14.3 Å². The molecule has 4 heteroatoms. The summed E-state index contributed by atoms with van der Waals surface area (Å²) >= 11 is 0. The van der Waals surface area contributed by atoms with Crippen molar-refractivity contribution in [2.75, 3.05) is 18.5 Å². The van der Waals surface area contributed by atoms with E-state index in [2.05, 4.69) is 11.4 Å². The van der Waals surface area contributed by atoms with Gasteiger partial charge >= 0.3 is 0 Å². The number of ether oxygens (including phenoxy) is 2. The quantitative estimate of drug-likeness (QED) is 0.862. The summed E-state index contributed by atoms with van der Waals surface area (Å²) in [6.07, 6.45) is 0. The van der Waals surface area contributed by atoms with E-state index in [4.69, 9.17) is 9.47 Å². The van der Waals surface area contributed by atoms with E-state index in [-0.39, 0.29) is 5.91 Å². The van der Waals surface area contributed by atoms with E-state index in [0.29, 0.717) is 30.3 Å². The molecule has 0 aliphatic rings. The fourth-order valence-corrected chi connectivity index (χ4v) is 2.44. The van der Waals surface area contributed by atoms with E-state index in [1.807, 2.05) is 39.8 Å². The van der Waals surface area contributed by atoms with Gasteiger partial charge in [0.1, 0.15) is 0 Å². The average Bonchev–Trinajstić information content (AvgIpc) is 2.48. The Kier molecular flexibility index (Phi) is 5.63. The van der Waals surface area contributed by atoms with Gasteiger partial charge in [-0.05, 0) is 69.2 Å². The highest BCUT2D eigenvalue weighted by atomic mass is 16.5. The van der Waals surface area contributed by atoms with Crippen LogP contribution in [0.15, 0.2) is 36.4 Å². The second-order valence-electron chi connectivity index (χ2n) is 5.36. The van der Waals surface area contributed by atoms with E-state index >= 15 is 0 Å². The van der Waals surface area contributed by atoms with Gasteiger partial charge in [0.25, 0.3) is 5.91 Å². The Morgan fingerprint density at radius 2 is 1.52 bits per heavy atom. The lowest BCUT2D eigenvalue weighted by Gasteiger charge is -2.13. The van der Waals surface area contributed by atoms with Crippen LogP contribution in [0.1, 0.15) is 35.3 Å². The van der Waals surface area contributed by atoms with Crippen molar-refractivity contribution in [2.45, 2.75) is 27.7 Å². The molecule has 0 aromatic heterocycles.